The molecule has 0 aliphatic heterocycles. The molecule has 1 heterocycles. The van der Waals surface area contributed by atoms with Crippen LogP contribution in [0.15, 0.2) is 36.4 Å². The lowest BCUT2D eigenvalue weighted by molar-refractivity contribution is 0.151. The van der Waals surface area contributed by atoms with E-state index in [-0.39, 0.29) is 5.56 Å². The van der Waals surface area contributed by atoms with Crippen molar-refractivity contribution in [1.82, 2.24) is 5.32 Å². The van der Waals surface area contributed by atoms with Gasteiger partial charge in [-0.2, -0.15) is 0 Å². The number of nitrogens with one attached hydrogen (secondary N) is 1. The Bertz CT molecular complexity index is 551. The van der Waals surface area contributed by atoms with Gasteiger partial charge in [0.25, 0.3) is 6.43 Å². The maximum absolute atomic E-state index is 12.6. The summed E-state index contributed by atoms with van der Waals surface area (Å²) >= 11 is 1.80. The van der Waals surface area contributed by atoms with Crippen LogP contribution in [0.4, 0.5) is 8.78 Å². The van der Waals surface area contributed by atoms with Crippen LogP contribution in [-0.2, 0) is 13.0 Å². The fourth-order valence-electron chi connectivity index (χ4n) is 2.10. The molecule has 1 aromatic carbocycles. The summed E-state index contributed by atoms with van der Waals surface area (Å²) in [7, 11) is 0. The van der Waals surface area contributed by atoms with Crippen molar-refractivity contribution in [3.8, 4) is 0 Å². The second-order valence-electron chi connectivity index (χ2n) is 5.04. The molecule has 0 fully saturated rings. The zero-order valence-corrected chi connectivity index (χ0v) is 12.5. The van der Waals surface area contributed by atoms with Gasteiger partial charge in [0.2, 0.25) is 0 Å². The summed E-state index contributed by atoms with van der Waals surface area (Å²) in [6, 6.07) is 11.2. The summed E-state index contributed by atoms with van der Waals surface area (Å²) in [5, 5.41) is 3.38. The van der Waals surface area contributed by atoms with Crippen LogP contribution in [0.1, 0.15) is 34.2 Å². The number of halogens is 2. The molecule has 20 heavy (non-hydrogen) atoms. The Morgan fingerprint density at radius 3 is 2.65 bits per heavy atom. The molecule has 4 heteroatoms. The minimum atomic E-state index is -2.40. The predicted octanol–water partition coefficient (Wildman–Crippen LogP) is 4.71. The quantitative estimate of drug-likeness (QED) is 0.813. The molecule has 0 saturated heterocycles. The van der Waals surface area contributed by atoms with Crippen molar-refractivity contribution < 1.29 is 8.78 Å². The molecule has 0 spiro atoms. The van der Waals surface area contributed by atoms with Gasteiger partial charge in [-0.1, -0.05) is 18.2 Å². The molecule has 1 N–H and O–H groups in total. The van der Waals surface area contributed by atoms with E-state index in [2.05, 4.69) is 31.3 Å². The van der Waals surface area contributed by atoms with Gasteiger partial charge in [-0.25, -0.2) is 8.78 Å². The largest absolute Gasteiger partial charge is 0.310 e. The van der Waals surface area contributed by atoms with Crippen molar-refractivity contribution in [3.05, 3.63) is 57.3 Å². The van der Waals surface area contributed by atoms with E-state index in [4.69, 9.17) is 0 Å². The highest BCUT2D eigenvalue weighted by Gasteiger charge is 2.08. The topological polar surface area (TPSA) is 12.0 Å². The number of hydrogen-bond donors (Lipinski definition) is 1. The average Bonchev–Trinajstić information content (AvgIpc) is 2.82. The van der Waals surface area contributed by atoms with E-state index in [9.17, 15) is 8.78 Å². The second-order valence-corrected chi connectivity index (χ2v) is 6.42. The first-order valence-electron chi connectivity index (χ1n) is 6.70. The van der Waals surface area contributed by atoms with Crippen molar-refractivity contribution >= 4 is 11.3 Å². The van der Waals surface area contributed by atoms with Crippen molar-refractivity contribution in [2.24, 2.45) is 0 Å². The first-order chi connectivity index (χ1) is 9.54. The van der Waals surface area contributed by atoms with Gasteiger partial charge in [0.1, 0.15) is 0 Å². The lowest BCUT2D eigenvalue weighted by Crippen LogP contribution is -2.27. The number of alkyl halides is 2. The molecule has 108 valence electrons. The Morgan fingerprint density at radius 1 is 1.20 bits per heavy atom. The Morgan fingerprint density at radius 2 is 2.00 bits per heavy atom. The number of rotatable bonds is 6. The fourth-order valence-corrected chi connectivity index (χ4v) is 3.12. The fraction of sp³-hybridized carbons (Fsp3) is 0.375. The van der Waals surface area contributed by atoms with Crippen molar-refractivity contribution in [2.75, 3.05) is 0 Å². The Labute approximate surface area is 122 Å². The summed E-state index contributed by atoms with van der Waals surface area (Å²) in [6.07, 6.45) is -1.44. The van der Waals surface area contributed by atoms with Crippen LogP contribution >= 0.6 is 11.3 Å². The van der Waals surface area contributed by atoms with Crippen LogP contribution < -0.4 is 5.32 Å². The molecule has 0 radical (unpaired) electrons. The summed E-state index contributed by atoms with van der Waals surface area (Å²) in [4.78, 5) is 2.67. The van der Waals surface area contributed by atoms with Gasteiger partial charge in [-0.3, -0.25) is 0 Å². The molecule has 1 unspecified atom stereocenters. The smallest absolute Gasteiger partial charge is 0.263 e. The molecule has 1 aromatic heterocycles. The van der Waals surface area contributed by atoms with E-state index in [1.165, 1.54) is 15.8 Å². The second kappa shape index (κ2) is 6.95. The molecule has 1 atom stereocenters. The van der Waals surface area contributed by atoms with Crippen molar-refractivity contribution in [3.63, 3.8) is 0 Å². The van der Waals surface area contributed by atoms with Crippen LogP contribution in [0.3, 0.4) is 0 Å². The lowest BCUT2D eigenvalue weighted by Gasteiger charge is -2.13. The number of hydrogen-bond acceptors (Lipinski definition) is 2. The molecule has 0 amide bonds. The Hall–Kier alpha value is -1.26. The summed E-state index contributed by atoms with van der Waals surface area (Å²) in [5.41, 5.74) is 0.989. The maximum atomic E-state index is 12.6. The van der Waals surface area contributed by atoms with Crippen LogP contribution in [0, 0.1) is 6.92 Å². The molecular formula is C16H19F2NS. The van der Waals surface area contributed by atoms with Gasteiger partial charge < -0.3 is 5.32 Å². The number of aryl methyl sites for hydroxylation is 1. The molecular weight excluding hydrogens is 276 g/mol. The summed E-state index contributed by atoms with van der Waals surface area (Å²) in [5.74, 6) is 0. The van der Waals surface area contributed by atoms with Gasteiger partial charge in [0.05, 0.1) is 0 Å². The summed E-state index contributed by atoms with van der Waals surface area (Å²) in [6.45, 7) is 4.83. The van der Waals surface area contributed by atoms with Crippen LogP contribution in [0.25, 0.3) is 0 Å². The third-order valence-electron chi connectivity index (χ3n) is 3.16. The third kappa shape index (κ3) is 4.39. The number of benzene rings is 1. The van der Waals surface area contributed by atoms with Crippen LogP contribution in [-0.4, -0.2) is 6.04 Å². The van der Waals surface area contributed by atoms with E-state index in [0.717, 1.165) is 12.0 Å². The van der Waals surface area contributed by atoms with Crippen molar-refractivity contribution in [1.29, 1.82) is 0 Å². The van der Waals surface area contributed by atoms with E-state index in [1.54, 1.807) is 23.5 Å². The Balaban J connectivity index is 1.86. The van der Waals surface area contributed by atoms with Gasteiger partial charge in [-0.15, -0.1) is 11.3 Å². The van der Waals surface area contributed by atoms with Gasteiger partial charge in [-0.05, 0) is 44.0 Å². The predicted molar refractivity (Wildman–Crippen MR) is 80.5 cm³/mol. The zero-order valence-electron chi connectivity index (χ0n) is 11.7. The van der Waals surface area contributed by atoms with E-state index in [1.807, 2.05) is 6.07 Å². The van der Waals surface area contributed by atoms with Gasteiger partial charge >= 0.3 is 0 Å². The van der Waals surface area contributed by atoms with E-state index < -0.39 is 6.43 Å². The average molecular weight is 295 g/mol. The highest BCUT2D eigenvalue weighted by molar-refractivity contribution is 7.11. The molecule has 0 bridgehead atoms. The minimum Gasteiger partial charge on any atom is -0.310 e. The van der Waals surface area contributed by atoms with Crippen LogP contribution in [0.2, 0.25) is 0 Å². The Kier molecular flexibility index (Phi) is 5.26. The highest BCUT2D eigenvalue weighted by atomic mass is 32.1. The molecule has 0 aliphatic carbocycles. The molecule has 1 nitrogen and oxygen atoms in total. The highest BCUT2D eigenvalue weighted by Crippen LogP contribution is 2.20. The van der Waals surface area contributed by atoms with Gasteiger partial charge in [0.15, 0.2) is 0 Å². The normalized spacial score (nSPS) is 12.8. The molecule has 2 rings (SSSR count). The maximum Gasteiger partial charge on any atom is 0.263 e. The molecule has 2 aromatic rings. The molecule has 0 saturated carbocycles. The SMILES string of the molecule is Cc1ccc(CC(C)NCc2cccc(C(F)F)c2)s1. The monoisotopic (exact) mass is 295 g/mol. The zero-order chi connectivity index (χ0) is 14.5. The lowest BCUT2D eigenvalue weighted by atomic mass is 10.1. The van der Waals surface area contributed by atoms with Crippen molar-refractivity contribution in [2.45, 2.75) is 39.3 Å². The van der Waals surface area contributed by atoms with Crippen LogP contribution in [0.5, 0.6) is 0 Å². The van der Waals surface area contributed by atoms with E-state index >= 15 is 0 Å². The minimum absolute atomic E-state index is 0.0887. The number of thiophene rings is 1. The van der Waals surface area contributed by atoms with E-state index in [0.29, 0.717) is 12.6 Å². The summed E-state index contributed by atoms with van der Waals surface area (Å²) < 4.78 is 25.2. The van der Waals surface area contributed by atoms with Gasteiger partial charge in [0, 0.05) is 27.9 Å². The first-order valence-corrected chi connectivity index (χ1v) is 7.52. The third-order valence-corrected chi connectivity index (χ3v) is 4.18. The standard InChI is InChI=1S/C16H19F2NS/c1-11(8-15-7-6-12(2)20-15)19-10-13-4-3-5-14(9-13)16(17)18/h3-7,9,11,16,19H,8,10H2,1-2H3. The molecule has 0 aliphatic rings. The first kappa shape index (κ1) is 15.1.